The molecule has 10 aromatic rings. The fraction of sp³-hybridized carbons (Fsp3) is 0.103. The molecule has 1 aliphatic rings. The number of anilines is 10. The fourth-order valence-corrected chi connectivity index (χ4v) is 14.4. The minimum absolute atomic E-state index is 0.0353. The van der Waals surface area contributed by atoms with Crippen LogP contribution in [0.3, 0.4) is 0 Å². The molecular formula is C58H49Cl2N19O20S6. The third-order valence-electron chi connectivity index (χ3n) is 14.8. The standard InChI is InChI=1S/C58H49Cl2N19O20S6/c59-51-68-53(72-54(69-51)62-35-11-13-41(43(25-35)66-57(80)64-33-7-3-1-4-8-33)74-76-45-29-39-31(23-49(45)104(94,95)96)21-37(100(82,83)84)27-47(39)102(88,89)90)61-15-16-78-17-19-79(20-18-78)56-71-52(60)70-55(73-56)63-36-12-14-42(44(26-36)67-58(81)65-34-9-5-2-6-10-34)75-77-46-30-40-32(24-50(46)105(97,98)99)22-38(101(85,86)87)28-48(40)103(91,92)93/h1-14,21-30H,15-20H2,(H2,64,66,80)(H2,65,67,81)(H,82,83,84)(H,85,86,87)(H,88,89,90)(H,91,92,93)(H,94,95,96)(H,97,98,99)(H,63,70,71,73)(H2,61,62,68,69,72). The van der Waals surface area contributed by atoms with Crippen molar-refractivity contribution >= 4 is 198 Å². The summed E-state index contributed by atoms with van der Waals surface area (Å²) in [5.74, 6) is 0.0445. The number of hydrogen-bond acceptors (Lipinski definition) is 29. The predicted molar refractivity (Wildman–Crippen MR) is 380 cm³/mol. The zero-order chi connectivity index (χ0) is 75.6. The molecule has 1 saturated heterocycles. The molecule has 1 aliphatic heterocycles. The van der Waals surface area contributed by atoms with E-state index >= 15 is 0 Å². The van der Waals surface area contributed by atoms with Gasteiger partial charge in [-0.25, -0.2) is 9.59 Å². The summed E-state index contributed by atoms with van der Waals surface area (Å²) in [5, 5.41) is 33.1. The fourth-order valence-electron chi connectivity index (χ4n) is 10.1. The number of para-hydroxylation sites is 2. The van der Waals surface area contributed by atoms with Gasteiger partial charge in [0.1, 0.15) is 42.3 Å². The van der Waals surface area contributed by atoms with Gasteiger partial charge >= 0.3 is 12.1 Å². The molecule has 0 radical (unpaired) electrons. The van der Waals surface area contributed by atoms with Crippen molar-refractivity contribution in [3.63, 3.8) is 0 Å². The Balaban J connectivity index is 0.772. The highest BCUT2D eigenvalue weighted by atomic mass is 35.5. The molecule has 0 bridgehead atoms. The average molecular weight is 1600 g/mol. The summed E-state index contributed by atoms with van der Waals surface area (Å²) in [6.07, 6.45) is 0. The normalized spacial score (nSPS) is 13.5. The van der Waals surface area contributed by atoms with Gasteiger partial charge in [-0.2, -0.15) is 80.4 Å². The number of nitrogens with one attached hydrogen (secondary N) is 7. The monoisotopic (exact) mass is 1590 g/mol. The number of hydrogen-bond donors (Lipinski definition) is 13. The molecule has 3 heterocycles. The first-order valence-electron chi connectivity index (χ1n) is 29.4. The Hall–Kier alpha value is -10.8. The molecule has 0 spiro atoms. The van der Waals surface area contributed by atoms with E-state index in [0.717, 1.165) is 12.1 Å². The summed E-state index contributed by atoms with van der Waals surface area (Å²) in [5.41, 5.74) is -0.892. The number of amides is 4. The second kappa shape index (κ2) is 30.1. The molecule has 0 aliphatic carbocycles. The number of carbonyl (C=O) groups excluding carboxylic acids is 2. The van der Waals surface area contributed by atoms with Crippen LogP contribution in [0.2, 0.25) is 10.6 Å². The Morgan fingerprint density at radius 3 is 1.22 bits per heavy atom. The van der Waals surface area contributed by atoms with Crippen LogP contribution in [0.1, 0.15) is 0 Å². The van der Waals surface area contributed by atoms with E-state index in [4.69, 9.17) is 23.2 Å². The molecule has 47 heteroatoms. The maximum atomic E-state index is 13.4. The first-order chi connectivity index (χ1) is 49.4. The van der Waals surface area contributed by atoms with Crippen LogP contribution in [0, 0.1) is 0 Å². The van der Waals surface area contributed by atoms with E-state index in [9.17, 15) is 87.4 Å². The van der Waals surface area contributed by atoms with Crippen LogP contribution in [0.15, 0.2) is 195 Å². The van der Waals surface area contributed by atoms with Crippen LogP contribution in [-0.4, -0.2) is 164 Å². The highest BCUT2D eigenvalue weighted by molar-refractivity contribution is 7.87. The van der Waals surface area contributed by atoms with Gasteiger partial charge < -0.3 is 42.1 Å². The Bertz CT molecular complexity index is 5960. The molecule has 1 fully saturated rings. The van der Waals surface area contributed by atoms with Crippen molar-refractivity contribution in [2.75, 3.05) is 81.4 Å². The van der Waals surface area contributed by atoms with Gasteiger partial charge in [-0.3, -0.25) is 32.2 Å². The second-order valence-electron chi connectivity index (χ2n) is 22.0. The largest absolute Gasteiger partial charge is 0.353 e. The number of piperazine rings is 1. The summed E-state index contributed by atoms with van der Waals surface area (Å²) in [6, 6.07) is 27.9. The Morgan fingerprint density at radius 2 is 0.800 bits per heavy atom. The van der Waals surface area contributed by atoms with Crippen LogP contribution < -0.4 is 42.1 Å². The van der Waals surface area contributed by atoms with Crippen molar-refractivity contribution in [3.8, 4) is 0 Å². The number of benzene rings is 8. The van der Waals surface area contributed by atoms with Crippen molar-refractivity contribution in [1.82, 2.24) is 34.8 Å². The third-order valence-corrected chi connectivity index (χ3v) is 20.4. The van der Waals surface area contributed by atoms with Gasteiger partial charge in [-0.05, 0) is 143 Å². The van der Waals surface area contributed by atoms with Gasteiger partial charge in [0, 0.05) is 72.8 Å². The molecule has 11 rings (SSSR count). The van der Waals surface area contributed by atoms with E-state index in [-0.39, 0.29) is 75.0 Å². The van der Waals surface area contributed by atoms with Crippen LogP contribution in [0.25, 0.3) is 21.5 Å². The highest BCUT2D eigenvalue weighted by Gasteiger charge is 2.28. The van der Waals surface area contributed by atoms with Gasteiger partial charge in [0.05, 0.1) is 21.2 Å². The number of azo groups is 2. The van der Waals surface area contributed by atoms with Crippen molar-refractivity contribution < 1.29 is 87.4 Å². The Kier molecular flexibility index (Phi) is 21.6. The maximum Gasteiger partial charge on any atom is 0.323 e. The van der Waals surface area contributed by atoms with E-state index < -0.39 is 135 Å². The van der Waals surface area contributed by atoms with E-state index in [1.165, 1.54) is 36.4 Å². The number of halogens is 2. The smallest absolute Gasteiger partial charge is 0.323 e. The minimum Gasteiger partial charge on any atom is -0.353 e. The minimum atomic E-state index is -5.28. The summed E-state index contributed by atoms with van der Waals surface area (Å²) < 4.78 is 208. The quantitative estimate of drug-likeness (QED) is 0.0209. The molecule has 39 nitrogen and oxygen atoms in total. The van der Waals surface area contributed by atoms with E-state index in [2.05, 4.69) is 92.5 Å². The number of carbonyl (C=O) groups is 2. The topological polar surface area (TPSA) is 578 Å². The van der Waals surface area contributed by atoms with Crippen molar-refractivity contribution in [2.24, 2.45) is 20.5 Å². The molecule has 546 valence electrons. The number of urea groups is 2. The van der Waals surface area contributed by atoms with Gasteiger partial charge in [0.2, 0.25) is 34.4 Å². The van der Waals surface area contributed by atoms with Crippen LogP contribution in [-0.2, 0) is 60.7 Å². The summed E-state index contributed by atoms with van der Waals surface area (Å²) >= 11 is 12.8. The molecule has 0 unspecified atom stereocenters. The summed E-state index contributed by atoms with van der Waals surface area (Å²) in [6.45, 7) is 2.44. The average Bonchev–Trinajstić information content (AvgIpc) is 0.756. The number of nitrogens with zero attached hydrogens (tertiary/aromatic N) is 12. The van der Waals surface area contributed by atoms with Gasteiger partial charge in [0.25, 0.3) is 60.7 Å². The summed E-state index contributed by atoms with van der Waals surface area (Å²) in [7, 11) is -31.3. The van der Waals surface area contributed by atoms with Gasteiger partial charge in [-0.15, -0.1) is 20.5 Å². The predicted octanol–water partition coefficient (Wildman–Crippen LogP) is 9.99. The lowest BCUT2D eigenvalue weighted by molar-refractivity contribution is 0.261. The summed E-state index contributed by atoms with van der Waals surface area (Å²) in [4.78, 5) is 50.3. The van der Waals surface area contributed by atoms with E-state index in [0.29, 0.717) is 80.5 Å². The van der Waals surface area contributed by atoms with Gasteiger partial charge in [0.15, 0.2) is 0 Å². The SMILES string of the molecule is O=C(Nc1ccccc1)Nc1cc(Nc2nc(Cl)nc(NCCN3CCN(c4nc(Cl)nc(Nc5ccc(N=Nc6cc7c(S(=O)(=O)O)cc(S(=O)(=O)O)cc7cc6S(=O)(=O)O)c(NC(=O)Nc6ccccc6)c5)n4)CC3)n2)ccc1N=Nc1cc2c(S(=O)(=O)O)cc(S(=O)(=O)O)cc2cc1S(=O)(=O)O. The first-order valence-corrected chi connectivity index (χ1v) is 38.8. The highest BCUT2D eigenvalue weighted by Crippen LogP contribution is 2.41. The number of aromatic nitrogens is 6. The molecule has 105 heavy (non-hydrogen) atoms. The lowest BCUT2D eigenvalue weighted by Crippen LogP contribution is -2.48. The van der Waals surface area contributed by atoms with E-state index in [1.54, 1.807) is 60.7 Å². The molecule has 4 amide bonds. The lowest BCUT2D eigenvalue weighted by atomic mass is 10.1. The molecule has 2 aromatic heterocycles. The first kappa shape index (κ1) is 75.4. The van der Waals surface area contributed by atoms with Crippen LogP contribution in [0.4, 0.5) is 90.3 Å². The molecule has 0 atom stereocenters. The number of fused-ring (bicyclic) bond motifs is 2. The van der Waals surface area contributed by atoms with Crippen molar-refractivity contribution in [2.45, 2.75) is 29.4 Å². The lowest BCUT2D eigenvalue weighted by Gasteiger charge is -2.34. The molecule has 0 saturated carbocycles. The maximum absolute atomic E-state index is 13.4. The van der Waals surface area contributed by atoms with Crippen LogP contribution >= 0.6 is 23.2 Å². The van der Waals surface area contributed by atoms with Crippen molar-refractivity contribution in [1.29, 1.82) is 0 Å². The Labute approximate surface area is 603 Å². The molecule has 8 aromatic carbocycles. The third kappa shape index (κ3) is 19.2. The number of rotatable bonds is 23. The second-order valence-corrected chi connectivity index (χ2v) is 31.1. The van der Waals surface area contributed by atoms with Crippen molar-refractivity contribution in [3.05, 3.63) is 156 Å². The molecular weight excluding hydrogens is 1550 g/mol. The van der Waals surface area contributed by atoms with Crippen LogP contribution in [0.5, 0.6) is 0 Å². The Morgan fingerprint density at radius 1 is 0.400 bits per heavy atom. The van der Waals surface area contributed by atoms with E-state index in [1.807, 2.05) is 4.90 Å². The van der Waals surface area contributed by atoms with Gasteiger partial charge in [-0.1, -0.05) is 36.4 Å². The molecule has 13 N–H and O–H groups in total. The zero-order valence-corrected chi connectivity index (χ0v) is 59.0. The zero-order valence-electron chi connectivity index (χ0n) is 52.6.